The molecule has 5 rings (SSSR count). The lowest BCUT2D eigenvalue weighted by molar-refractivity contribution is 0.363. The van der Waals surface area contributed by atoms with Crippen LogP contribution in [0.2, 0.25) is 5.02 Å². The van der Waals surface area contributed by atoms with Crippen molar-refractivity contribution in [2.24, 2.45) is 0 Å². The van der Waals surface area contributed by atoms with E-state index in [1.54, 1.807) is 6.08 Å². The molecule has 0 aliphatic carbocycles. The number of nitrogens with zero attached hydrogens (tertiary/aromatic N) is 1. The Hall–Kier alpha value is -3.17. The Morgan fingerprint density at radius 1 is 1.10 bits per heavy atom. The van der Waals surface area contributed by atoms with Gasteiger partial charge in [-0.3, -0.25) is 0 Å². The lowest BCUT2D eigenvalue weighted by atomic mass is 9.91. The molecule has 4 aromatic rings. The van der Waals surface area contributed by atoms with E-state index < -0.39 is 0 Å². The summed E-state index contributed by atoms with van der Waals surface area (Å²) in [6.45, 7) is 7.29. The third kappa shape index (κ3) is 3.70. The van der Waals surface area contributed by atoms with Crippen LogP contribution in [0.4, 0.5) is 5.69 Å². The largest absolute Gasteiger partial charge is 0.490 e. The highest BCUT2D eigenvalue weighted by atomic mass is 35.5. The van der Waals surface area contributed by atoms with Crippen LogP contribution in [0.3, 0.4) is 0 Å². The highest BCUT2D eigenvalue weighted by Gasteiger charge is 2.32. The topological polar surface area (TPSA) is 28.3 Å². The Labute approximate surface area is 187 Å². The summed E-state index contributed by atoms with van der Waals surface area (Å²) < 4.78 is 5.70. The van der Waals surface area contributed by atoms with Crippen molar-refractivity contribution in [1.82, 2.24) is 4.98 Å². The van der Waals surface area contributed by atoms with Gasteiger partial charge in [0, 0.05) is 33.9 Å². The minimum Gasteiger partial charge on any atom is -0.490 e. The maximum absolute atomic E-state index is 6.32. The summed E-state index contributed by atoms with van der Waals surface area (Å²) in [7, 11) is 0. The first-order valence-corrected chi connectivity index (χ1v) is 11.0. The summed E-state index contributed by atoms with van der Waals surface area (Å²) in [5.41, 5.74) is 7.45. The molecule has 1 unspecified atom stereocenters. The number of nitrogens with one attached hydrogen (secondary N) is 1. The van der Waals surface area contributed by atoms with E-state index in [1.165, 1.54) is 33.5 Å². The van der Waals surface area contributed by atoms with Gasteiger partial charge in [-0.1, -0.05) is 54.1 Å². The second-order valence-corrected chi connectivity index (χ2v) is 8.49. The zero-order valence-electron chi connectivity index (χ0n) is 17.6. The van der Waals surface area contributed by atoms with Gasteiger partial charge in [0.25, 0.3) is 0 Å². The molecule has 1 aliphatic heterocycles. The van der Waals surface area contributed by atoms with E-state index in [9.17, 15) is 0 Å². The van der Waals surface area contributed by atoms with E-state index in [2.05, 4.69) is 71.9 Å². The van der Waals surface area contributed by atoms with Crippen LogP contribution in [0.1, 0.15) is 28.4 Å². The highest BCUT2D eigenvalue weighted by Crippen LogP contribution is 2.41. The molecule has 0 amide bonds. The lowest BCUT2D eigenvalue weighted by Gasteiger charge is -2.38. The molecule has 1 aromatic heterocycles. The van der Waals surface area contributed by atoms with Crippen LogP contribution >= 0.6 is 11.6 Å². The van der Waals surface area contributed by atoms with Gasteiger partial charge >= 0.3 is 0 Å². The number of hydrogen-bond acceptors (Lipinski definition) is 2. The van der Waals surface area contributed by atoms with Crippen LogP contribution in [0, 0.1) is 6.92 Å². The van der Waals surface area contributed by atoms with Gasteiger partial charge in [0.15, 0.2) is 0 Å². The molecule has 0 bridgehead atoms. The Morgan fingerprint density at radius 2 is 1.87 bits per heavy atom. The summed E-state index contributed by atoms with van der Waals surface area (Å²) in [4.78, 5) is 6.19. The molecule has 4 heteroatoms. The van der Waals surface area contributed by atoms with Crippen molar-refractivity contribution >= 4 is 28.2 Å². The quantitative estimate of drug-likeness (QED) is 0.352. The van der Waals surface area contributed by atoms with Crippen LogP contribution in [-0.2, 0) is 6.42 Å². The average Bonchev–Trinajstić information content (AvgIpc) is 3.16. The van der Waals surface area contributed by atoms with Crippen molar-refractivity contribution in [2.75, 3.05) is 18.1 Å². The number of benzene rings is 3. The van der Waals surface area contributed by atoms with Crippen LogP contribution in [-0.4, -0.2) is 18.1 Å². The molecular weight excluding hydrogens is 404 g/mol. The van der Waals surface area contributed by atoms with Gasteiger partial charge in [0.05, 0.1) is 6.04 Å². The molecule has 1 atom stereocenters. The Balaban J connectivity index is 1.63. The smallest absolute Gasteiger partial charge is 0.119 e. The van der Waals surface area contributed by atoms with Crippen molar-refractivity contribution in [1.29, 1.82) is 0 Å². The van der Waals surface area contributed by atoms with Gasteiger partial charge in [-0.2, -0.15) is 0 Å². The molecule has 0 spiro atoms. The molecule has 156 valence electrons. The molecular formula is C27H25ClN2O. The number of aryl methyl sites for hydroxylation is 1. The molecule has 3 nitrogen and oxygen atoms in total. The Bertz CT molecular complexity index is 1220. The van der Waals surface area contributed by atoms with Gasteiger partial charge in [-0.15, -0.1) is 0 Å². The second kappa shape index (κ2) is 8.16. The maximum atomic E-state index is 6.32. The Morgan fingerprint density at radius 3 is 2.61 bits per heavy atom. The van der Waals surface area contributed by atoms with E-state index >= 15 is 0 Å². The third-order valence-corrected chi connectivity index (χ3v) is 6.25. The number of aromatic nitrogens is 1. The number of fused-ring (bicyclic) bond motifs is 3. The predicted octanol–water partition coefficient (Wildman–Crippen LogP) is 6.85. The summed E-state index contributed by atoms with van der Waals surface area (Å²) in [6.07, 6.45) is 2.73. The number of anilines is 1. The molecule has 0 radical (unpaired) electrons. The molecule has 1 N–H and O–H groups in total. The fourth-order valence-corrected chi connectivity index (χ4v) is 4.70. The van der Waals surface area contributed by atoms with E-state index in [1.807, 2.05) is 18.2 Å². The zero-order valence-corrected chi connectivity index (χ0v) is 18.3. The number of aromatic amines is 1. The normalized spacial score (nSPS) is 15.7. The second-order valence-electron chi connectivity index (χ2n) is 8.06. The molecule has 3 aromatic carbocycles. The molecule has 2 heterocycles. The first-order chi connectivity index (χ1) is 15.1. The monoisotopic (exact) mass is 428 g/mol. The summed E-state index contributed by atoms with van der Waals surface area (Å²) >= 11 is 6.32. The van der Waals surface area contributed by atoms with Gasteiger partial charge in [-0.25, -0.2) is 0 Å². The highest BCUT2D eigenvalue weighted by molar-refractivity contribution is 6.31. The summed E-state index contributed by atoms with van der Waals surface area (Å²) in [6, 6.07) is 23.4. The number of halogens is 1. The SMILES string of the molecule is C=CCOc1ccc(C2c3[nH]c4ccc(Cl)cc4c3CCN2c2ccc(C)cc2)cc1. The van der Waals surface area contributed by atoms with E-state index in [0.29, 0.717) is 6.61 Å². The predicted molar refractivity (Wildman–Crippen MR) is 130 cm³/mol. The van der Waals surface area contributed by atoms with Gasteiger partial charge < -0.3 is 14.6 Å². The van der Waals surface area contributed by atoms with Gasteiger partial charge in [0.2, 0.25) is 0 Å². The number of H-pyrrole nitrogens is 1. The van der Waals surface area contributed by atoms with Crippen LogP contribution < -0.4 is 9.64 Å². The van der Waals surface area contributed by atoms with Crippen molar-refractivity contribution in [3.8, 4) is 5.75 Å². The van der Waals surface area contributed by atoms with Crippen LogP contribution in [0.25, 0.3) is 10.9 Å². The lowest BCUT2D eigenvalue weighted by Crippen LogP contribution is -2.36. The summed E-state index contributed by atoms with van der Waals surface area (Å²) in [5, 5.41) is 2.00. The fourth-order valence-electron chi connectivity index (χ4n) is 4.52. The minimum absolute atomic E-state index is 0.0890. The van der Waals surface area contributed by atoms with Crippen LogP contribution in [0.5, 0.6) is 5.75 Å². The minimum atomic E-state index is 0.0890. The standard InChI is InChI=1S/C27H25ClN2O/c1-3-16-31-22-11-6-19(7-12-22)27-26-23(24-17-20(28)8-13-25(24)29-26)14-15-30(27)21-9-4-18(2)5-10-21/h3-13,17,27,29H,1,14-16H2,2H3. The average molecular weight is 429 g/mol. The van der Waals surface area contributed by atoms with E-state index in [4.69, 9.17) is 16.3 Å². The third-order valence-electron chi connectivity index (χ3n) is 6.02. The van der Waals surface area contributed by atoms with Crippen molar-refractivity contribution in [2.45, 2.75) is 19.4 Å². The van der Waals surface area contributed by atoms with Gasteiger partial charge in [0.1, 0.15) is 12.4 Å². The number of rotatable bonds is 5. The molecule has 0 saturated carbocycles. The first-order valence-electron chi connectivity index (χ1n) is 10.6. The van der Waals surface area contributed by atoms with Crippen molar-refractivity contribution in [3.05, 3.63) is 107 Å². The molecule has 0 fully saturated rings. The van der Waals surface area contributed by atoms with E-state index in [-0.39, 0.29) is 6.04 Å². The summed E-state index contributed by atoms with van der Waals surface area (Å²) in [5.74, 6) is 0.852. The van der Waals surface area contributed by atoms with Crippen molar-refractivity contribution < 1.29 is 4.74 Å². The van der Waals surface area contributed by atoms with Crippen molar-refractivity contribution in [3.63, 3.8) is 0 Å². The first kappa shape index (κ1) is 19.8. The number of hydrogen-bond donors (Lipinski definition) is 1. The molecule has 0 saturated heterocycles. The number of ether oxygens (including phenoxy) is 1. The Kier molecular flexibility index (Phi) is 5.21. The fraction of sp³-hybridized carbons (Fsp3) is 0.185. The molecule has 31 heavy (non-hydrogen) atoms. The van der Waals surface area contributed by atoms with Crippen LogP contribution in [0.15, 0.2) is 79.4 Å². The molecule has 1 aliphatic rings. The maximum Gasteiger partial charge on any atom is 0.119 e. The zero-order chi connectivity index (χ0) is 21.4. The van der Waals surface area contributed by atoms with Gasteiger partial charge in [-0.05, 0) is 66.9 Å². The van der Waals surface area contributed by atoms with E-state index in [0.717, 1.165) is 29.3 Å².